The lowest BCUT2D eigenvalue weighted by Crippen LogP contribution is -2.40. The van der Waals surface area contributed by atoms with E-state index in [1.807, 2.05) is 26.8 Å². The van der Waals surface area contributed by atoms with E-state index in [1.54, 1.807) is 0 Å². The molecule has 0 spiro atoms. The van der Waals surface area contributed by atoms with Crippen LogP contribution in [0.5, 0.6) is 0 Å². The van der Waals surface area contributed by atoms with E-state index in [0.29, 0.717) is 12.5 Å². The molecule has 1 heterocycles. The summed E-state index contributed by atoms with van der Waals surface area (Å²) in [6, 6.07) is 0. The third-order valence-electron chi connectivity index (χ3n) is 4.81. The molecule has 1 fully saturated rings. The van der Waals surface area contributed by atoms with Crippen LogP contribution in [0.1, 0.15) is 53.4 Å². The summed E-state index contributed by atoms with van der Waals surface area (Å²) in [6.45, 7) is 8.03. The van der Waals surface area contributed by atoms with E-state index in [1.165, 1.54) is 5.57 Å². The molecular formula is C15H26O3. The first-order valence-corrected chi connectivity index (χ1v) is 6.97. The monoisotopic (exact) mass is 254 g/mol. The van der Waals surface area contributed by atoms with Gasteiger partial charge < -0.3 is 14.9 Å². The van der Waals surface area contributed by atoms with Crippen LogP contribution in [-0.4, -0.2) is 34.1 Å². The number of fused-ring (bicyclic) bond motifs is 1. The molecule has 4 unspecified atom stereocenters. The first-order chi connectivity index (χ1) is 8.25. The lowest BCUT2D eigenvalue weighted by molar-refractivity contribution is -0.0328. The van der Waals surface area contributed by atoms with Gasteiger partial charge in [0, 0.05) is 5.41 Å². The highest BCUT2D eigenvalue weighted by atomic mass is 16.6. The summed E-state index contributed by atoms with van der Waals surface area (Å²) in [5, 5.41) is 20.6. The highest BCUT2D eigenvalue weighted by Crippen LogP contribution is 2.45. The molecule has 0 aromatic heterocycles. The zero-order chi connectivity index (χ0) is 13.6. The largest absolute Gasteiger partial charge is 0.392 e. The molecule has 3 heteroatoms. The summed E-state index contributed by atoms with van der Waals surface area (Å²) in [6.07, 6.45) is 4.66. The molecule has 104 valence electrons. The molecule has 2 rings (SSSR count). The van der Waals surface area contributed by atoms with Gasteiger partial charge in [-0.2, -0.15) is 0 Å². The predicted molar refractivity (Wildman–Crippen MR) is 71.3 cm³/mol. The third kappa shape index (κ3) is 2.63. The molecule has 0 saturated carbocycles. The van der Waals surface area contributed by atoms with Gasteiger partial charge in [-0.1, -0.05) is 25.5 Å². The fraction of sp³-hybridized carbons (Fsp3) is 0.867. The minimum atomic E-state index is -0.587. The van der Waals surface area contributed by atoms with E-state index in [4.69, 9.17) is 4.74 Å². The highest BCUT2D eigenvalue weighted by molar-refractivity contribution is 5.10. The van der Waals surface area contributed by atoms with E-state index in [2.05, 4.69) is 6.92 Å². The molecule has 0 aromatic rings. The van der Waals surface area contributed by atoms with E-state index < -0.39 is 17.6 Å². The number of allylic oxidation sites excluding steroid dienone is 1. The Kier molecular flexibility index (Phi) is 3.60. The molecular weight excluding hydrogens is 228 g/mol. The smallest absolute Gasteiger partial charge is 0.0921 e. The number of aliphatic hydroxyl groups is 2. The number of epoxide rings is 1. The normalized spacial score (nSPS) is 44.6. The summed E-state index contributed by atoms with van der Waals surface area (Å²) in [5.41, 5.74) is 0.626. The Morgan fingerprint density at radius 2 is 1.89 bits per heavy atom. The number of hydrogen-bond acceptors (Lipinski definition) is 3. The molecule has 18 heavy (non-hydrogen) atoms. The third-order valence-corrected chi connectivity index (χ3v) is 4.81. The predicted octanol–water partition coefficient (Wildman–Crippen LogP) is 2.41. The van der Waals surface area contributed by atoms with Gasteiger partial charge in [-0.3, -0.25) is 0 Å². The maximum atomic E-state index is 10.3. The number of ether oxygens (including phenoxy) is 1. The van der Waals surface area contributed by atoms with E-state index in [9.17, 15) is 10.2 Å². The van der Waals surface area contributed by atoms with Crippen molar-refractivity contribution in [2.45, 2.75) is 77.3 Å². The van der Waals surface area contributed by atoms with Gasteiger partial charge in [0.25, 0.3) is 0 Å². The fourth-order valence-corrected chi connectivity index (χ4v) is 2.79. The second-order valence-electron chi connectivity index (χ2n) is 6.79. The standard InChI is InChI=1S/C15H26O3/c1-10-5-6-13-15(4,18-13)8-7-11(16)14(2,3)12(17)9-10/h9,11-13,16-17H,5-8H2,1-4H3. The maximum absolute atomic E-state index is 10.3. The second kappa shape index (κ2) is 4.62. The molecule has 4 atom stereocenters. The minimum absolute atomic E-state index is 0.0490. The fourth-order valence-electron chi connectivity index (χ4n) is 2.79. The van der Waals surface area contributed by atoms with Crippen LogP contribution in [0.25, 0.3) is 0 Å². The maximum Gasteiger partial charge on any atom is 0.0921 e. The number of rotatable bonds is 0. The first-order valence-electron chi connectivity index (χ1n) is 6.97. The molecule has 3 nitrogen and oxygen atoms in total. The molecule has 0 amide bonds. The average molecular weight is 254 g/mol. The van der Waals surface area contributed by atoms with Crippen molar-refractivity contribution in [3.05, 3.63) is 11.6 Å². The van der Waals surface area contributed by atoms with Crippen molar-refractivity contribution in [3.8, 4) is 0 Å². The van der Waals surface area contributed by atoms with Crippen molar-refractivity contribution in [1.29, 1.82) is 0 Å². The summed E-state index contributed by atoms with van der Waals surface area (Å²) < 4.78 is 5.77. The first kappa shape index (κ1) is 14.0. The lowest BCUT2D eigenvalue weighted by Gasteiger charge is -2.34. The molecule has 0 radical (unpaired) electrons. The summed E-state index contributed by atoms with van der Waals surface area (Å²) in [4.78, 5) is 0. The Balaban J connectivity index is 2.17. The van der Waals surface area contributed by atoms with Gasteiger partial charge >= 0.3 is 0 Å². The summed E-state index contributed by atoms with van der Waals surface area (Å²) in [7, 11) is 0. The highest BCUT2D eigenvalue weighted by Gasteiger charge is 2.52. The topological polar surface area (TPSA) is 53.0 Å². The Morgan fingerprint density at radius 1 is 1.22 bits per heavy atom. The molecule has 2 N–H and O–H groups in total. The van der Waals surface area contributed by atoms with Crippen molar-refractivity contribution in [1.82, 2.24) is 0 Å². The Labute approximate surface area is 110 Å². The van der Waals surface area contributed by atoms with Crippen LogP contribution in [0.15, 0.2) is 11.6 Å². The van der Waals surface area contributed by atoms with Crippen LogP contribution < -0.4 is 0 Å². The van der Waals surface area contributed by atoms with Crippen LogP contribution in [0.4, 0.5) is 0 Å². The van der Waals surface area contributed by atoms with Gasteiger partial charge in [0.15, 0.2) is 0 Å². The molecule has 0 bridgehead atoms. The number of hydrogen-bond donors (Lipinski definition) is 2. The number of aliphatic hydroxyl groups excluding tert-OH is 2. The Bertz CT molecular complexity index is 348. The summed E-state index contributed by atoms with van der Waals surface area (Å²) >= 11 is 0. The van der Waals surface area contributed by atoms with Crippen LogP contribution in [0, 0.1) is 5.41 Å². The summed E-state index contributed by atoms with van der Waals surface area (Å²) in [5.74, 6) is 0. The van der Waals surface area contributed by atoms with Crippen LogP contribution in [-0.2, 0) is 4.74 Å². The van der Waals surface area contributed by atoms with Gasteiger partial charge in [0.05, 0.1) is 23.9 Å². The second-order valence-corrected chi connectivity index (χ2v) is 6.79. The van der Waals surface area contributed by atoms with Gasteiger partial charge in [0.2, 0.25) is 0 Å². The average Bonchev–Trinajstić information content (AvgIpc) is 2.94. The van der Waals surface area contributed by atoms with Gasteiger partial charge in [-0.05, 0) is 39.5 Å². The van der Waals surface area contributed by atoms with Crippen molar-refractivity contribution in [2.24, 2.45) is 5.41 Å². The minimum Gasteiger partial charge on any atom is -0.392 e. The van der Waals surface area contributed by atoms with Crippen LogP contribution in [0.2, 0.25) is 0 Å². The molecule has 0 aromatic carbocycles. The van der Waals surface area contributed by atoms with Crippen molar-refractivity contribution >= 4 is 0 Å². The molecule has 1 aliphatic carbocycles. The van der Waals surface area contributed by atoms with Gasteiger partial charge in [-0.15, -0.1) is 0 Å². The van der Waals surface area contributed by atoms with Crippen molar-refractivity contribution < 1.29 is 14.9 Å². The van der Waals surface area contributed by atoms with E-state index in [0.717, 1.165) is 19.3 Å². The van der Waals surface area contributed by atoms with Crippen molar-refractivity contribution in [3.63, 3.8) is 0 Å². The van der Waals surface area contributed by atoms with Crippen molar-refractivity contribution in [2.75, 3.05) is 0 Å². The van der Waals surface area contributed by atoms with E-state index in [-0.39, 0.29) is 5.60 Å². The molecule has 2 aliphatic rings. The Hall–Kier alpha value is -0.380. The zero-order valence-corrected chi connectivity index (χ0v) is 11.9. The van der Waals surface area contributed by atoms with Crippen LogP contribution in [0.3, 0.4) is 0 Å². The van der Waals surface area contributed by atoms with Gasteiger partial charge in [0.1, 0.15) is 0 Å². The molecule has 1 saturated heterocycles. The van der Waals surface area contributed by atoms with Gasteiger partial charge in [-0.25, -0.2) is 0 Å². The van der Waals surface area contributed by atoms with E-state index >= 15 is 0 Å². The zero-order valence-electron chi connectivity index (χ0n) is 11.9. The quantitative estimate of drug-likeness (QED) is 0.515. The SMILES string of the molecule is CC1=CC(O)C(C)(C)C(O)CCC2(C)OC2CC1. The van der Waals surface area contributed by atoms with Crippen LogP contribution >= 0.6 is 0 Å². The lowest BCUT2D eigenvalue weighted by atomic mass is 9.77. The molecule has 1 aliphatic heterocycles. The Morgan fingerprint density at radius 3 is 2.56 bits per heavy atom.